The molecule has 0 amide bonds. The Bertz CT molecular complexity index is 528. The van der Waals surface area contributed by atoms with Gasteiger partial charge in [-0.05, 0) is 12.8 Å². The molecule has 0 bridgehead atoms. The molecule has 1 unspecified atom stereocenters. The molecule has 0 aromatic rings. The number of phosphoric acid groups is 1. The second-order valence-electron chi connectivity index (χ2n) is 7.31. The number of rotatable bonds is 20. The third kappa shape index (κ3) is 18.3. The van der Waals surface area contributed by atoms with E-state index >= 15 is 0 Å². The van der Waals surface area contributed by atoms with E-state index in [9.17, 15) is 24.2 Å². The van der Waals surface area contributed by atoms with Gasteiger partial charge in [0.05, 0.1) is 19.8 Å². The molecule has 0 heterocycles. The summed E-state index contributed by atoms with van der Waals surface area (Å²) >= 11 is 0. The van der Waals surface area contributed by atoms with Crippen LogP contribution in [0.25, 0.3) is 0 Å². The minimum absolute atomic E-state index is 0.183. The number of unbranched alkanes of at least 4 members (excludes halogenated alkanes) is 6. The maximum Gasteiger partial charge on any atom is 0.472 e. The standard InChI is InChI=1S/C20H39O10P/c1-3-5-7-8-9-10-12-20(24)30-18(15-27-19(23)11-6-4-2)16-29-31(25,26)28-14-17(22)13-21/h17-18,21-22H,3-16H2,1-2H3,(H,25,26)/t17-,18+/m0/s1. The maximum atomic E-state index is 12.1. The Morgan fingerprint density at radius 2 is 1.42 bits per heavy atom. The molecule has 0 spiro atoms. The van der Waals surface area contributed by atoms with Gasteiger partial charge >= 0.3 is 19.8 Å². The molecule has 0 fully saturated rings. The molecule has 31 heavy (non-hydrogen) atoms. The van der Waals surface area contributed by atoms with Crippen molar-refractivity contribution < 1.29 is 47.8 Å². The Morgan fingerprint density at radius 3 is 2.06 bits per heavy atom. The minimum Gasteiger partial charge on any atom is -0.462 e. The largest absolute Gasteiger partial charge is 0.472 e. The number of aliphatic hydroxyl groups excluding tert-OH is 2. The molecule has 11 heteroatoms. The van der Waals surface area contributed by atoms with Crippen molar-refractivity contribution >= 4 is 19.8 Å². The molecule has 0 aromatic carbocycles. The van der Waals surface area contributed by atoms with E-state index in [1.807, 2.05) is 6.92 Å². The highest BCUT2D eigenvalue weighted by Gasteiger charge is 2.27. The average molecular weight is 470 g/mol. The first kappa shape index (κ1) is 30.0. The number of carbonyl (C=O) groups is 2. The number of hydrogen-bond donors (Lipinski definition) is 3. The fraction of sp³-hybridized carbons (Fsp3) is 0.900. The van der Waals surface area contributed by atoms with Crippen molar-refractivity contribution in [3.8, 4) is 0 Å². The van der Waals surface area contributed by atoms with Crippen LogP contribution in [0.2, 0.25) is 0 Å². The number of ether oxygens (including phenoxy) is 2. The first-order valence-corrected chi connectivity index (χ1v) is 12.5. The quantitative estimate of drug-likeness (QED) is 0.138. The van der Waals surface area contributed by atoms with Crippen LogP contribution in [0.4, 0.5) is 0 Å². The summed E-state index contributed by atoms with van der Waals surface area (Å²) in [6.07, 6.45) is 5.47. The summed E-state index contributed by atoms with van der Waals surface area (Å²) in [6, 6.07) is 0. The Morgan fingerprint density at radius 1 is 0.839 bits per heavy atom. The number of phosphoric ester groups is 1. The number of aliphatic hydroxyl groups is 2. The van der Waals surface area contributed by atoms with Crippen LogP contribution in [-0.2, 0) is 32.7 Å². The lowest BCUT2D eigenvalue weighted by atomic mass is 10.1. The lowest BCUT2D eigenvalue weighted by molar-refractivity contribution is -0.161. The van der Waals surface area contributed by atoms with Gasteiger partial charge in [-0.15, -0.1) is 0 Å². The van der Waals surface area contributed by atoms with Crippen LogP contribution in [0.15, 0.2) is 0 Å². The predicted octanol–water partition coefficient (Wildman–Crippen LogP) is 2.87. The molecule has 0 rings (SSSR count). The van der Waals surface area contributed by atoms with E-state index in [0.29, 0.717) is 12.8 Å². The van der Waals surface area contributed by atoms with Gasteiger partial charge in [-0.3, -0.25) is 18.6 Å². The molecule has 0 saturated heterocycles. The van der Waals surface area contributed by atoms with Gasteiger partial charge in [0.15, 0.2) is 6.10 Å². The second-order valence-corrected chi connectivity index (χ2v) is 8.77. The topological polar surface area (TPSA) is 149 Å². The average Bonchev–Trinajstić information content (AvgIpc) is 2.74. The zero-order chi connectivity index (χ0) is 23.5. The predicted molar refractivity (Wildman–Crippen MR) is 113 cm³/mol. The van der Waals surface area contributed by atoms with Crippen LogP contribution in [-0.4, -0.2) is 65.7 Å². The first-order chi connectivity index (χ1) is 14.7. The van der Waals surface area contributed by atoms with Crippen molar-refractivity contribution in [2.24, 2.45) is 0 Å². The van der Waals surface area contributed by atoms with Crippen LogP contribution >= 0.6 is 7.82 Å². The molecule has 0 aliphatic heterocycles. The first-order valence-electron chi connectivity index (χ1n) is 11.0. The van der Waals surface area contributed by atoms with Gasteiger partial charge in [-0.25, -0.2) is 4.57 Å². The smallest absolute Gasteiger partial charge is 0.462 e. The highest BCUT2D eigenvalue weighted by molar-refractivity contribution is 7.47. The van der Waals surface area contributed by atoms with Gasteiger partial charge in [0.25, 0.3) is 0 Å². The third-order valence-corrected chi connectivity index (χ3v) is 5.21. The minimum atomic E-state index is -4.56. The Labute approximate surface area is 184 Å². The van der Waals surface area contributed by atoms with Gasteiger partial charge in [0, 0.05) is 12.8 Å². The molecule has 3 N–H and O–H groups in total. The monoisotopic (exact) mass is 470 g/mol. The van der Waals surface area contributed by atoms with Crippen molar-refractivity contribution in [2.75, 3.05) is 26.4 Å². The summed E-state index contributed by atoms with van der Waals surface area (Å²) in [5, 5.41) is 17.9. The highest BCUT2D eigenvalue weighted by Crippen LogP contribution is 2.43. The molecule has 0 saturated carbocycles. The second kappa shape index (κ2) is 18.5. The zero-order valence-electron chi connectivity index (χ0n) is 18.7. The van der Waals surface area contributed by atoms with E-state index in [-0.39, 0.29) is 19.4 Å². The molecular weight excluding hydrogens is 431 g/mol. The number of esters is 2. The Kier molecular flexibility index (Phi) is 17.9. The van der Waals surface area contributed by atoms with Gasteiger partial charge in [0.2, 0.25) is 0 Å². The summed E-state index contributed by atoms with van der Waals surface area (Å²) in [6.45, 7) is 1.95. The summed E-state index contributed by atoms with van der Waals surface area (Å²) in [5.74, 6) is -0.980. The maximum absolute atomic E-state index is 12.1. The molecular formula is C20H39O10P. The lowest BCUT2D eigenvalue weighted by Crippen LogP contribution is -2.29. The Balaban J connectivity index is 4.57. The summed E-state index contributed by atoms with van der Waals surface area (Å²) in [5.41, 5.74) is 0. The molecule has 0 aromatic heterocycles. The SMILES string of the molecule is CCCCCCCCC(=O)O[C@H](COC(=O)CCCC)COP(=O)(O)OC[C@@H](O)CO. The molecule has 10 nitrogen and oxygen atoms in total. The van der Waals surface area contributed by atoms with E-state index < -0.39 is 51.8 Å². The summed E-state index contributed by atoms with van der Waals surface area (Å²) in [4.78, 5) is 33.5. The lowest BCUT2D eigenvalue weighted by Gasteiger charge is -2.20. The van der Waals surface area contributed by atoms with Gasteiger partial charge in [0.1, 0.15) is 12.7 Å². The molecule has 184 valence electrons. The van der Waals surface area contributed by atoms with E-state index in [0.717, 1.165) is 38.5 Å². The van der Waals surface area contributed by atoms with Crippen molar-refractivity contribution in [3.05, 3.63) is 0 Å². The molecule has 0 aliphatic carbocycles. The van der Waals surface area contributed by atoms with E-state index in [2.05, 4.69) is 11.4 Å². The third-order valence-electron chi connectivity index (χ3n) is 4.26. The van der Waals surface area contributed by atoms with Crippen molar-refractivity contribution in [3.63, 3.8) is 0 Å². The summed E-state index contributed by atoms with van der Waals surface area (Å²) < 4.78 is 31.6. The molecule has 0 aliphatic rings. The van der Waals surface area contributed by atoms with Gasteiger partial charge in [-0.2, -0.15) is 0 Å². The van der Waals surface area contributed by atoms with Crippen molar-refractivity contribution in [2.45, 2.75) is 90.3 Å². The fourth-order valence-electron chi connectivity index (χ4n) is 2.44. The van der Waals surface area contributed by atoms with Crippen molar-refractivity contribution in [1.29, 1.82) is 0 Å². The number of carbonyl (C=O) groups excluding carboxylic acids is 2. The fourth-order valence-corrected chi connectivity index (χ4v) is 3.23. The van der Waals surface area contributed by atoms with E-state index in [1.54, 1.807) is 0 Å². The van der Waals surface area contributed by atoms with Gasteiger partial charge < -0.3 is 24.6 Å². The zero-order valence-corrected chi connectivity index (χ0v) is 19.6. The van der Waals surface area contributed by atoms with Crippen LogP contribution in [0.1, 0.15) is 78.1 Å². The highest BCUT2D eigenvalue weighted by atomic mass is 31.2. The van der Waals surface area contributed by atoms with Crippen molar-refractivity contribution in [1.82, 2.24) is 0 Å². The number of hydrogen-bond acceptors (Lipinski definition) is 9. The molecule has 0 radical (unpaired) electrons. The molecule has 3 atom stereocenters. The summed E-state index contributed by atoms with van der Waals surface area (Å²) in [7, 11) is -4.56. The van der Waals surface area contributed by atoms with Crippen LogP contribution in [0, 0.1) is 0 Å². The normalized spacial score (nSPS) is 15.1. The van der Waals surface area contributed by atoms with Crippen LogP contribution in [0.3, 0.4) is 0 Å². The van der Waals surface area contributed by atoms with E-state index in [4.69, 9.17) is 19.1 Å². The van der Waals surface area contributed by atoms with Crippen LogP contribution < -0.4 is 0 Å². The van der Waals surface area contributed by atoms with Crippen LogP contribution in [0.5, 0.6) is 0 Å². The Hall–Kier alpha value is -1.03. The van der Waals surface area contributed by atoms with Gasteiger partial charge in [-0.1, -0.05) is 52.4 Å². The van der Waals surface area contributed by atoms with E-state index in [1.165, 1.54) is 0 Å².